The summed E-state index contributed by atoms with van der Waals surface area (Å²) in [4.78, 5) is 14.2. The molecule has 1 aromatic carbocycles. The van der Waals surface area contributed by atoms with E-state index >= 15 is 0 Å². The molecule has 0 saturated carbocycles. The number of nitrogens with one attached hydrogen (secondary N) is 1. The Hall–Kier alpha value is -1.55. The minimum atomic E-state index is 0.0781. The Kier molecular flexibility index (Phi) is 5.23. The van der Waals surface area contributed by atoms with Crippen molar-refractivity contribution in [2.75, 3.05) is 26.7 Å². The van der Waals surface area contributed by atoms with Crippen LogP contribution >= 0.6 is 0 Å². The van der Waals surface area contributed by atoms with E-state index in [1.165, 1.54) is 5.56 Å². The summed E-state index contributed by atoms with van der Waals surface area (Å²) in [5, 5.41) is 3.25. The van der Waals surface area contributed by atoms with Crippen LogP contribution in [0.5, 0.6) is 5.75 Å². The van der Waals surface area contributed by atoms with Gasteiger partial charge in [0.15, 0.2) is 6.61 Å². The zero-order chi connectivity index (χ0) is 15.4. The van der Waals surface area contributed by atoms with Gasteiger partial charge in [-0.15, -0.1) is 0 Å². The number of amides is 1. The summed E-state index contributed by atoms with van der Waals surface area (Å²) in [6.07, 6.45) is 2.19. The Labute approximate surface area is 127 Å². The second-order valence-electron chi connectivity index (χ2n) is 5.98. The molecule has 1 unspecified atom stereocenters. The average molecular weight is 290 g/mol. The molecule has 1 aromatic rings. The maximum atomic E-state index is 12.3. The van der Waals surface area contributed by atoms with E-state index in [9.17, 15) is 4.79 Å². The lowest BCUT2D eigenvalue weighted by molar-refractivity contribution is -0.134. The van der Waals surface area contributed by atoms with Crippen molar-refractivity contribution in [2.24, 2.45) is 0 Å². The number of likely N-dealkylation sites (N-methyl/N-ethyl adjacent to an activating group) is 1. The van der Waals surface area contributed by atoms with Crippen LogP contribution in [0.25, 0.3) is 0 Å². The normalized spacial score (nSPS) is 18.7. The maximum Gasteiger partial charge on any atom is 0.260 e. The highest BCUT2D eigenvalue weighted by molar-refractivity contribution is 5.78. The highest BCUT2D eigenvalue weighted by Crippen LogP contribution is 2.24. The van der Waals surface area contributed by atoms with Crippen molar-refractivity contribution in [2.45, 2.75) is 39.7 Å². The van der Waals surface area contributed by atoms with E-state index in [2.05, 4.69) is 24.4 Å². The Morgan fingerprint density at radius 1 is 1.33 bits per heavy atom. The smallest absolute Gasteiger partial charge is 0.260 e. The molecule has 0 radical (unpaired) electrons. The number of benzene rings is 1. The Morgan fingerprint density at radius 3 is 2.62 bits per heavy atom. The molecule has 0 spiro atoms. The van der Waals surface area contributed by atoms with Crippen LogP contribution in [0.4, 0.5) is 0 Å². The molecule has 2 rings (SSSR count). The summed E-state index contributed by atoms with van der Waals surface area (Å²) in [6.45, 7) is 7.87. The summed E-state index contributed by atoms with van der Waals surface area (Å²) < 4.78 is 5.79. The number of hydrogen-bond donors (Lipinski definition) is 1. The fourth-order valence-corrected chi connectivity index (χ4v) is 3.06. The predicted octanol–water partition coefficient (Wildman–Crippen LogP) is 2.20. The van der Waals surface area contributed by atoms with Gasteiger partial charge in [0.2, 0.25) is 0 Å². The lowest BCUT2D eigenvalue weighted by atomic mass is 10.1. The molecule has 21 heavy (non-hydrogen) atoms. The first-order valence-electron chi connectivity index (χ1n) is 7.67. The van der Waals surface area contributed by atoms with E-state index in [-0.39, 0.29) is 12.5 Å². The second-order valence-corrected chi connectivity index (χ2v) is 5.98. The second kappa shape index (κ2) is 6.94. The van der Waals surface area contributed by atoms with E-state index in [1.807, 2.05) is 25.8 Å². The zero-order valence-corrected chi connectivity index (χ0v) is 13.5. The number of ether oxygens (including phenoxy) is 1. The van der Waals surface area contributed by atoms with Gasteiger partial charge in [-0.05, 0) is 51.8 Å². The molecule has 0 aliphatic carbocycles. The summed E-state index contributed by atoms with van der Waals surface area (Å²) in [7, 11) is 1.95. The fourth-order valence-electron chi connectivity index (χ4n) is 3.06. The van der Waals surface area contributed by atoms with Gasteiger partial charge >= 0.3 is 0 Å². The topological polar surface area (TPSA) is 41.6 Å². The summed E-state index contributed by atoms with van der Waals surface area (Å²) in [5.41, 5.74) is 3.40. The molecular formula is C17H26N2O2. The Bertz CT molecular complexity index is 491. The average Bonchev–Trinajstić information content (AvgIpc) is 2.46. The molecule has 1 aliphatic heterocycles. The van der Waals surface area contributed by atoms with Crippen molar-refractivity contribution in [3.05, 3.63) is 28.8 Å². The number of hydrogen-bond acceptors (Lipinski definition) is 3. The minimum absolute atomic E-state index is 0.0781. The number of rotatable bonds is 4. The van der Waals surface area contributed by atoms with Crippen molar-refractivity contribution >= 4 is 5.91 Å². The molecule has 116 valence electrons. The van der Waals surface area contributed by atoms with Gasteiger partial charge in [-0.3, -0.25) is 4.79 Å². The first kappa shape index (κ1) is 15.8. The molecule has 4 heteroatoms. The van der Waals surface area contributed by atoms with Crippen molar-refractivity contribution < 1.29 is 9.53 Å². The lowest BCUT2D eigenvalue weighted by Gasteiger charge is -2.32. The SMILES string of the molecule is CNC1CCCN(C(=O)COc2c(C)cc(C)cc2C)C1. The standard InChI is InChI=1S/C17H26N2O2/c1-12-8-13(2)17(14(3)9-12)21-11-16(20)19-7-5-6-15(10-19)18-4/h8-9,15,18H,5-7,10-11H2,1-4H3. The van der Waals surface area contributed by atoms with Gasteiger partial charge in [0.05, 0.1) is 0 Å². The van der Waals surface area contributed by atoms with Crippen LogP contribution in [0.15, 0.2) is 12.1 Å². The van der Waals surface area contributed by atoms with E-state index in [0.29, 0.717) is 6.04 Å². The Morgan fingerprint density at radius 2 is 2.00 bits per heavy atom. The molecule has 1 atom stereocenters. The molecule has 1 N–H and O–H groups in total. The van der Waals surface area contributed by atoms with Crippen LogP contribution in [0.1, 0.15) is 29.5 Å². The third kappa shape index (κ3) is 3.97. The fraction of sp³-hybridized carbons (Fsp3) is 0.588. The van der Waals surface area contributed by atoms with Crippen molar-refractivity contribution in [3.8, 4) is 5.75 Å². The minimum Gasteiger partial charge on any atom is -0.483 e. The lowest BCUT2D eigenvalue weighted by Crippen LogP contribution is -2.48. The Balaban J connectivity index is 1.95. The first-order valence-corrected chi connectivity index (χ1v) is 7.67. The van der Waals surface area contributed by atoms with Gasteiger partial charge in [-0.25, -0.2) is 0 Å². The van der Waals surface area contributed by atoms with Gasteiger partial charge in [0.25, 0.3) is 5.91 Å². The quantitative estimate of drug-likeness (QED) is 0.924. The number of piperidine rings is 1. The molecule has 1 heterocycles. The number of likely N-dealkylation sites (tertiary alicyclic amines) is 1. The van der Waals surface area contributed by atoms with Gasteiger partial charge in [-0.2, -0.15) is 0 Å². The monoisotopic (exact) mass is 290 g/mol. The summed E-state index contributed by atoms with van der Waals surface area (Å²) in [5.74, 6) is 0.922. The molecule has 1 saturated heterocycles. The molecule has 1 fully saturated rings. The molecule has 1 amide bonds. The van der Waals surface area contributed by atoms with Gasteiger partial charge < -0.3 is 15.0 Å². The van der Waals surface area contributed by atoms with E-state index < -0.39 is 0 Å². The highest BCUT2D eigenvalue weighted by Gasteiger charge is 2.23. The summed E-state index contributed by atoms with van der Waals surface area (Å²) >= 11 is 0. The van der Waals surface area contributed by atoms with E-state index in [0.717, 1.165) is 42.8 Å². The van der Waals surface area contributed by atoms with Crippen LogP contribution < -0.4 is 10.1 Å². The maximum absolute atomic E-state index is 12.3. The molecule has 0 bridgehead atoms. The van der Waals surface area contributed by atoms with Crippen molar-refractivity contribution in [1.29, 1.82) is 0 Å². The van der Waals surface area contributed by atoms with Crippen LogP contribution in [0, 0.1) is 20.8 Å². The number of aryl methyl sites for hydroxylation is 3. The number of carbonyl (C=O) groups excluding carboxylic acids is 1. The van der Waals surface area contributed by atoms with Crippen LogP contribution in [0.2, 0.25) is 0 Å². The van der Waals surface area contributed by atoms with Crippen LogP contribution in [-0.4, -0.2) is 43.6 Å². The van der Waals surface area contributed by atoms with Crippen LogP contribution in [0.3, 0.4) is 0 Å². The number of nitrogens with zero attached hydrogens (tertiary/aromatic N) is 1. The van der Waals surface area contributed by atoms with Crippen LogP contribution in [-0.2, 0) is 4.79 Å². The third-order valence-electron chi connectivity index (χ3n) is 4.13. The highest BCUT2D eigenvalue weighted by atomic mass is 16.5. The van der Waals surface area contributed by atoms with E-state index in [1.54, 1.807) is 0 Å². The largest absolute Gasteiger partial charge is 0.483 e. The van der Waals surface area contributed by atoms with Gasteiger partial charge in [0, 0.05) is 19.1 Å². The van der Waals surface area contributed by atoms with Crippen molar-refractivity contribution in [3.63, 3.8) is 0 Å². The van der Waals surface area contributed by atoms with Gasteiger partial charge in [-0.1, -0.05) is 17.7 Å². The molecule has 4 nitrogen and oxygen atoms in total. The molecule has 1 aliphatic rings. The molecular weight excluding hydrogens is 264 g/mol. The van der Waals surface area contributed by atoms with Gasteiger partial charge in [0.1, 0.15) is 5.75 Å². The van der Waals surface area contributed by atoms with Crippen molar-refractivity contribution in [1.82, 2.24) is 10.2 Å². The third-order valence-corrected chi connectivity index (χ3v) is 4.13. The number of carbonyl (C=O) groups is 1. The predicted molar refractivity (Wildman–Crippen MR) is 84.8 cm³/mol. The van der Waals surface area contributed by atoms with E-state index in [4.69, 9.17) is 4.74 Å². The summed E-state index contributed by atoms with van der Waals surface area (Å²) in [6, 6.07) is 4.58. The first-order chi connectivity index (χ1) is 10.0. The molecule has 0 aromatic heterocycles. The zero-order valence-electron chi connectivity index (χ0n) is 13.5.